The molecular formula is C48H50F12N4O11. The lowest BCUT2D eigenvalue weighted by Gasteiger charge is -2.39. The van der Waals surface area contributed by atoms with Crippen molar-refractivity contribution >= 4 is 23.9 Å². The van der Waals surface area contributed by atoms with Crippen molar-refractivity contribution in [3.63, 3.8) is 0 Å². The van der Waals surface area contributed by atoms with Gasteiger partial charge < -0.3 is 35.4 Å². The van der Waals surface area contributed by atoms with Gasteiger partial charge in [0.05, 0.1) is 85.0 Å². The lowest BCUT2D eigenvalue weighted by atomic mass is 10.0. The van der Waals surface area contributed by atoms with Gasteiger partial charge in [-0.25, -0.2) is 9.59 Å². The Balaban J connectivity index is 0.000000320. The van der Waals surface area contributed by atoms with Crippen LogP contribution in [0, 0.1) is 0 Å². The van der Waals surface area contributed by atoms with Crippen LogP contribution in [0.4, 0.5) is 52.7 Å². The fourth-order valence-electron chi connectivity index (χ4n) is 8.15. The Morgan fingerprint density at radius 3 is 0.933 bits per heavy atom. The van der Waals surface area contributed by atoms with Gasteiger partial charge in [0.15, 0.2) is 0 Å². The predicted molar refractivity (Wildman–Crippen MR) is 239 cm³/mol. The van der Waals surface area contributed by atoms with Crippen LogP contribution in [0.5, 0.6) is 0 Å². The molecule has 0 saturated carbocycles. The summed E-state index contributed by atoms with van der Waals surface area (Å²) in [6.07, 6.45) is -19.9. The summed E-state index contributed by atoms with van der Waals surface area (Å²) in [5.74, 6) is -4.22. The first-order valence-electron chi connectivity index (χ1n) is 22.2. The second-order valence-corrected chi connectivity index (χ2v) is 17.2. The quantitative estimate of drug-likeness (QED) is 0.0697. The molecule has 4 aromatic carbocycles. The van der Waals surface area contributed by atoms with Gasteiger partial charge in [-0.2, -0.15) is 52.7 Å². The zero-order valence-electron chi connectivity index (χ0n) is 39.2. The summed E-state index contributed by atoms with van der Waals surface area (Å²) in [6.45, 7) is 1.81. The lowest BCUT2D eigenvalue weighted by Crippen LogP contribution is -2.49. The van der Waals surface area contributed by atoms with E-state index in [4.69, 9.17) is 29.9 Å². The molecule has 2 atom stereocenters. The summed E-state index contributed by atoms with van der Waals surface area (Å²) < 4.78 is 169. The number of carboxylic acid groups (broad SMARTS) is 4. The SMILES string of the molecule is O.O=C(O)CN1CCN(C(COCc2cc(C(F)(F)F)cc(C(F)(F)F)c2)c2ccc(C(=O)O)cc2)CC1.O=C(O)CN1CCN(C(COCc2cc(C(F)(F)F)cc(C(F)(F)F)c2)c2ccc(C(=O)O)cc2)CC1. The number of ether oxygens (including phenoxy) is 2. The lowest BCUT2D eigenvalue weighted by molar-refractivity contribution is -0.144. The molecule has 2 unspecified atom stereocenters. The van der Waals surface area contributed by atoms with Crippen LogP contribution >= 0.6 is 0 Å². The number of rotatable bonds is 18. The molecule has 6 N–H and O–H groups in total. The average molecular weight is 1090 g/mol. The summed E-state index contributed by atoms with van der Waals surface area (Å²) in [5, 5.41) is 36.3. The van der Waals surface area contributed by atoms with Crippen LogP contribution in [0.25, 0.3) is 0 Å². The first-order chi connectivity index (χ1) is 34.5. The number of aromatic carboxylic acids is 2. The van der Waals surface area contributed by atoms with E-state index in [-0.39, 0.29) is 66.2 Å². The molecule has 0 radical (unpaired) electrons. The van der Waals surface area contributed by atoms with Crippen LogP contribution in [0.3, 0.4) is 0 Å². The third kappa shape index (κ3) is 18.5. The van der Waals surface area contributed by atoms with E-state index in [1.54, 1.807) is 34.1 Å². The van der Waals surface area contributed by atoms with Gasteiger partial charge in [0.2, 0.25) is 0 Å². The maximum Gasteiger partial charge on any atom is 0.416 e. The van der Waals surface area contributed by atoms with Crippen LogP contribution in [0.15, 0.2) is 84.9 Å². The van der Waals surface area contributed by atoms with Crippen molar-refractivity contribution in [1.82, 2.24) is 19.6 Å². The van der Waals surface area contributed by atoms with Gasteiger partial charge in [-0.3, -0.25) is 29.2 Å². The highest BCUT2D eigenvalue weighted by atomic mass is 19.4. The van der Waals surface area contributed by atoms with Crippen molar-refractivity contribution in [2.45, 2.75) is 50.0 Å². The summed E-state index contributed by atoms with van der Waals surface area (Å²) in [5.41, 5.74) is -4.98. The number of carboxylic acids is 4. The van der Waals surface area contributed by atoms with Crippen LogP contribution in [0.1, 0.15) is 77.3 Å². The predicted octanol–water partition coefficient (Wildman–Crippen LogP) is 7.94. The zero-order valence-corrected chi connectivity index (χ0v) is 39.2. The van der Waals surface area contributed by atoms with Gasteiger partial charge in [-0.15, -0.1) is 0 Å². The monoisotopic (exact) mass is 1090 g/mol. The van der Waals surface area contributed by atoms with Crippen LogP contribution in [-0.4, -0.2) is 148 Å². The maximum atomic E-state index is 13.2. The van der Waals surface area contributed by atoms with Gasteiger partial charge in [-0.1, -0.05) is 24.3 Å². The highest BCUT2D eigenvalue weighted by Crippen LogP contribution is 2.38. The number of alkyl halides is 12. The van der Waals surface area contributed by atoms with E-state index < -0.39 is 96.1 Å². The van der Waals surface area contributed by atoms with Crippen LogP contribution in [0.2, 0.25) is 0 Å². The highest BCUT2D eigenvalue weighted by Gasteiger charge is 2.39. The fourth-order valence-corrected chi connectivity index (χ4v) is 8.15. The fraction of sp³-hybridized carbons (Fsp3) is 0.417. The van der Waals surface area contributed by atoms with Crippen molar-refractivity contribution in [1.29, 1.82) is 0 Å². The zero-order chi connectivity index (χ0) is 54.8. The third-order valence-corrected chi connectivity index (χ3v) is 11.9. The minimum atomic E-state index is -4.97. The van der Waals surface area contributed by atoms with E-state index in [9.17, 15) is 71.9 Å². The Kier molecular flexibility index (Phi) is 21.2. The van der Waals surface area contributed by atoms with Gasteiger partial charge >= 0.3 is 48.6 Å². The van der Waals surface area contributed by atoms with Crippen molar-refractivity contribution in [3.8, 4) is 0 Å². The normalized spacial score (nSPS) is 16.3. The maximum absolute atomic E-state index is 13.2. The van der Waals surface area contributed by atoms with Gasteiger partial charge in [-0.05, 0) is 82.9 Å². The largest absolute Gasteiger partial charge is 0.480 e. The summed E-state index contributed by atoms with van der Waals surface area (Å²) >= 11 is 0. The summed E-state index contributed by atoms with van der Waals surface area (Å²) in [7, 11) is 0. The number of nitrogens with zero attached hydrogens (tertiary/aromatic N) is 4. The molecule has 2 aliphatic heterocycles. The molecule has 15 nitrogen and oxygen atoms in total. The van der Waals surface area contributed by atoms with Gasteiger partial charge in [0, 0.05) is 52.4 Å². The standard InChI is InChI=1S/2C24H24F6N2O5.H2O/c2*25-23(26,27)18-9-15(10-19(11-18)24(28,29)30)13-37-14-20(16-1-3-17(4-2-16)22(35)36)32-7-5-31(6-8-32)12-21(33)34;/h2*1-4,9-11,20H,5-8,12-14H2,(H,33,34)(H,35,36);1H2. The molecule has 4 aromatic rings. The first kappa shape index (κ1) is 61.2. The molecule has 6 rings (SSSR count). The Morgan fingerprint density at radius 2 is 0.707 bits per heavy atom. The van der Waals surface area contributed by atoms with Crippen LogP contribution in [-0.2, 0) is 57.0 Å². The van der Waals surface area contributed by atoms with E-state index in [0.29, 0.717) is 87.8 Å². The highest BCUT2D eigenvalue weighted by molar-refractivity contribution is 5.88. The number of hydrogen-bond donors (Lipinski definition) is 4. The second kappa shape index (κ2) is 25.9. The summed E-state index contributed by atoms with van der Waals surface area (Å²) in [6, 6.07) is 13.3. The molecule has 0 bridgehead atoms. The molecule has 0 spiro atoms. The van der Waals surface area contributed by atoms with Crippen molar-refractivity contribution in [2.75, 3.05) is 78.7 Å². The molecule has 2 saturated heterocycles. The van der Waals surface area contributed by atoms with Crippen molar-refractivity contribution in [3.05, 3.63) is 141 Å². The smallest absolute Gasteiger partial charge is 0.416 e. The topological polar surface area (TPSA) is 212 Å². The van der Waals surface area contributed by atoms with E-state index in [1.807, 2.05) is 9.80 Å². The third-order valence-electron chi connectivity index (χ3n) is 11.9. The van der Waals surface area contributed by atoms with Crippen molar-refractivity contribution in [2.24, 2.45) is 0 Å². The average Bonchev–Trinajstić information content (AvgIpc) is 3.31. The van der Waals surface area contributed by atoms with E-state index in [2.05, 4.69) is 0 Å². The first-order valence-corrected chi connectivity index (χ1v) is 22.2. The second-order valence-electron chi connectivity index (χ2n) is 17.2. The molecule has 412 valence electrons. The van der Waals surface area contributed by atoms with Crippen LogP contribution < -0.4 is 0 Å². The molecule has 0 aromatic heterocycles. The van der Waals surface area contributed by atoms with Crippen molar-refractivity contribution < 1.29 is 107 Å². The number of halogens is 12. The molecule has 27 heteroatoms. The van der Waals surface area contributed by atoms with E-state index >= 15 is 0 Å². The van der Waals surface area contributed by atoms with E-state index in [1.165, 1.54) is 24.3 Å². The minimum Gasteiger partial charge on any atom is -0.480 e. The molecule has 2 heterocycles. The number of carbonyl (C=O) groups is 4. The van der Waals surface area contributed by atoms with Gasteiger partial charge in [0.1, 0.15) is 0 Å². The Hall–Kier alpha value is -6.36. The Bertz CT molecular complexity index is 2310. The molecular weight excluding hydrogens is 1040 g/mol. The number of benzene rings is 4. The molecule has 2 fully saturated rings. The van der Waals surface area contributed by atoms with Gasteiger partial charge in [0.25, 0.3) is 0 Å². The Morgan fingerprint density at radius 1 is 0.440 bits per heavy atom. The molecule has 0 amide bonds. The molecule has 0 aliphatic carbocycles. The Labute approximate surface area is 419 Å². The number of piperazine rings is 2. The number of aliphatic carboxylic acids is 2. The minimum absolute atomic E-state index is 0. The molecule has 2 aliphatic rings. The summed E-state index contributed by atoms with van der Waals surface area (Å²) in [4.78, 5) is 51.7. The van der Waals surface area contributed by atoms with E-state index in [0.717, 1.165) is 0 Å². The molecule has 75 heavy (non-hydrogen) atoms. The number of hydrogen-bond acceptors (Lipinski definition) is 10.